The molecule has 0 aromatic heterocycles. The summed E-state index contributed by atoms with van der Waals surface area (Å²) >= 11 is 0. The van der Waals surface area contributed by atoms with Crippen LogP contribution >= 0.6 is 0 Å². The monoisotopic (exact) mass is 424 g/mol. The summed E-state index contributed by atoms with van der Waals surface area (Å²) in [5.41, 5.74) is -0.264. The molecule has 1 N–H and O–H groups in total. The summed E-state index contributed by atoms with van der Waals surface area (Å²) in [6.07, 6.45) is 3.86. The number of likely N-dealkylation sites (tertiary alicyclic amines) is 1. The molecule has 3 rings (SSSR count). The average Bonchev–Trinajstić information content (AvgIpc) is 2.98. The summed E-state index contributed by atoms with van der Waals surface area (Å²) in [7, 11) is -2.81. The number of methoxy groups -OCH3 is 1. The average molecular weight is 424 g/mol. The summed E-state index contributed by atoms with van der Waals surface area (Å²) in [4.78, 5) is 14.5. The minimum absolute atomic E-state index is 0.122. The Kier molecular flexibility index (Phi) is 6.36. The van der Waals surface area contributed by atoms with Crippen LogP contribution in [0.4, 0.5) is 14.5 Å². The number of halogens is 2. The van der Waals surface area contributed by atoms with Gasteiger partial charge in [-0.3, -0.25) is 9.52 Å². The van der Waals surface area contributed by atoms with Gasteiger partial charge in [0.05, 0.1) is 23.3 Å². The van der Waals surface area contributed by atoms with E-state index in [-0.39, 0.29) is 27.8 Å². The van der Waals surface area contributed by atoms with Gasteiger partial charge in [0.25, 0.3) is 15.9 Å². The zero-order valence-corrected chi connectivity index (χ0v) is 16.8. The Bertz CT molecular complexity index is 1000. The molecule has 2 aromatic carbocycles. The lowest BCUT2D eigenvalue weighted by Crippen LogP contribution is -2.32. The molecule has 0 saturated carbocycles. The van der Waals surface area contributed by atoms with Gasteiger partial charge < -0.3 is 9.64 Å². The standard InChI is InChI=1S/C20H22F2N2O4S/c1-28-19-9-7-15(13-16(19)20(25)24-10-4-2-3-5-11-24)29(26,27)23-18-8-6-14(21)12-17(18)22/h6-9,12-13,23H,2-5,10-11H2,1H3. The van der Waals surface area contributed by atoms with E-state index in [1.54, 1.807) is 4.90 Å². The van der Waals surface area contributed by atoms with Gasteiger partial charge in [-0.05, 0) is 43.2 Å². The van der Waals surface area contributed by atoms with E-state index in [0.717, 1.165) is 37.8 Å². The normalized spacial score (nSPS) is 14.9. The minimum atomic E-state index is -4.21. The second-order valence-corrected chi connectivity index (χ2v) is 8.48. The fourth-order valence-electron chi connectivity index (χ4n) is 3.24. The molecule has 1 saturated heterocycles. The second-order valence-electron chi connectivity index (χ2n) is 6.80. The van der Waals surface area contributed by atoms with Crippen LogP contribution in [0.5, 0.6) is 5.75 Å². The smallest absolute Gasteiger partial charge is 0.262 e. The van der Waals surface area contributed by atoms with E-state index in [1.165, 1.54) is 25.3 Å². The fourth-order valence-corrected chi connectivity index (χ4v) is 4.33. The molecule has 0 bridgehead atoms. The molecule has 6 nitrogen and oxygen atoms in total. The number of hydrogen-bond donors (Lipinski definition) is 1. The van der Waals surface area contributed by atoms with Crippen LogP contribution in [0.15, 0.2) is 41.3 Å². The summed E-state index contributed by atoms with van der Waals surface area (Å²) in [6, 6.07) is 6.40. The molecule has 0 aliphatic carbocycles. The van der Waals surface area contributed by atoms with Crippen LogP contribution in [-0.4, -0.2) is 39.4 Å². The molecular formula is C20H22F2N2O4S. The number of nitrogens with one attached hydrogen (secondary N) is 1. The molecule has 156 valence electrons. The van der Waals surface area contributed by atoms with E-state index in [2.05, 4.69) is 4.72 Å². The number of sulfonamides is 1. The summed E-state index contributed by atoms with van der Waals surface area (Å²) in [5.74, 6) is -1.91. The molecule has 1 aliphatic heterocycles. The van der Waals surface area contributed by atoms with Crippen molar-refractivity contribution in [2.24, 2.45) is 0 Å². The molecular weight excluding hydrogens is 402 g/mol. The van der Waals surface area contributed by atoms with Crippen molar-refractivity contribution in [3.63, 3.8) is 0 Å². The molecule has 0 spiro atoms. The first-order valence-corrected chi connectivity index (χ1v) is 10.8. The molecule has 2 aromatic rings. The third-order valence-corrected chi connectivity index (χ3v) is 6.14. The predicted molar refractivity (Wildman–Crippen MR) is 105 cm³/mol. The summed E-state index contributed by atoms with van der Waals surface area (Å²) in [6.45, 7) is 1.19. The van der Waals surface area contributed by atoms with Crippen molar-refractivity contribution in [1.29, 1.82) is 0 Å². The number of amides is 1. The lowest BCUT2D eigenvalue weighted by molar-refractivity contribution is 0.0758. The van der Waals surface area contributed by atoms with Crippen molar-refractivity contribution < 1.29 is 26.7 Å². The van der Waals surface area contributed by atoms with Crippen molar-refractivity contribution in [1.82, 2.24) is 4.90 Å². The number of hydrogen-bond acceptors (Lipinski definition) is 4. The van der Waals surface area contributed by atoms with E-state index in [9.17, 15) is 22.0 Å². The summed E-state index contributed by atoms with van der Waals surface area (Å²) < 4.78 is 59.7. The highest BCUT2D eigenvalue weighted by atomic mass is 32.2. The number of rotatable bonds is 5. The molecule has 0 radical (unpaired) electrons. The van der Waals surface area contributed by atoms with Crippen molar-refractivity contribution >= 4 is 21.6 Å². The van der Waals surface area contributed by atoms with Crippen molar-refractivity contribution in [3.8, 4) is 5.75 Å². The van der Waals surface area contributed by atoms with Crippen LogP contribution in [0, 0.1) is 11.6 Å². The van der Waals surface area contributed by atoms with Gasteiger partial charge in [0.15, 0.2) is 0 Å². The molecule has 1 heterocycles. The highest BCUT2D eigenvalue weighted by Crippen LogP contribution is 2.27. The molecule has 0 unspecified atom stereocenters. The van der Waals surface area contributed by atoms with E-state index < -0.39 is 21.7 Å². The largest absolute Gasteiger partial charge is 0.496 e. The van der Waals surface area contributed by atoms with E-state index in [0.29, 0.717) is 19.2 Å². The number of carbonyl (C=O) groups is 1. The van der Waals surface area contributed by atoms with Crippen molar-refractivity contribution in [3.05, 3.63) is 53.6 Å². The van der Waals surface area contributed by atoms with Gasteiger partial charge in [-0.25, -0.2) is 17.2 Å². The van der Waals surface area contributed by atoms with Crippen LogP contribution in [0.2, 0.25) is 0 Å². The van der Waals surface area contributed by atoms with Crippen LogP contribution in [0.25, 0.3) is 0 Å². The SMILES string of the molecule is COc1ccc(S(=O)(=O)Nc2ccc(F)cc2F)cc1C(=O)N1CCCCCC1. The Morgan fingerprint density at radius 2 is 1.72 bits per heavy atom. The Morgan fingerprint density at radius 3 is 2.34 bits per heavy atom. The second kappa shape index (κ2) is 8.77. The van der Waals surface area contributed by atoms with Gasteiger partial charge >= 0.3 is 0 Å². The highest BCUT2D eigenvalue weighted by molar-refractivity contribution is 7.92. The van der Waals surface area contributed by atoms with Crippen molar-refractivity contribution in [2.75, 3.05) is 24.9 Å². The van der Waals surface area contributed by atoms with Gasteiger partial charge in [-0.2, -0.15) is 0 Å². The molecule has 0 atom stereocenters. The Labute approximate surface area is 168 Å². The lowest BCUT2D eigenvalue weighted by Gasteiger charge is -2.22. The zero-order valence-electron chi connectivity index (χ0n) is 16.0. The number of carbonyl (C=O) groups excluding carboxylic acids is 1. The summed E-state index contributed by atoms with van der Waals surface area (Å²) in [5, 5.41) is 0. The maximum Gasteiger partial charge on any atom is 0.262 e. The van der Waals surface area contributed by atoms with Gasteiger partial charge in [0.2, 0.25) is 0 Å². The first kappa shape index (κ1) is 21.0. The zero-order chi connectivity index (χ0) is 21.0. The number of ether oxygens (including phenoxy) is 1. The van der Waals surface area contributed by atoms with E-state index >= 15 is 0 Å². The highest BCUT2D eigenvalue weighted by Gasteiger charge is 2.24. The van der Waals surface area contributed by atoms with E-state index in [1.807, 2.05) is 0 Å². The van der Waals surface area contributed by atoms with Crippen LogP contribution in [0.3, 0.4) is 0 Å². The fraction of sp³-hybridized carbons (Fsp3) is 0.350. The van der Waals surface area contributed by atoms with Gasteiger partial charge in [0, 0.05) is 19.2 Å². The van der Waals surface area contributed by atoms with Gasteiger partial charge in [0.1, 0.15) is 17.4 Å². The quantitative estimate of drug-likeness (QED) is 0.792. The van der Waals surface area contributed by atoms with Gasteiger partial charge in [-0.15, -0.1) is 0 Å². The third-order valence-electron chi connectivity index (χ3n) is 4.78. The third kappa shape index (κ3) is 4.84. The lowest BCUT2D eigenvalue weighted by atomic mass is 10.1. The van der Waals surface area contributed by atoms with Crippen molar-refractivity contribution in [2.45, 2.75) is 30.6 Å². The molecule has 1 aliphatic rings. The maximum absolute atomic E-state index is 13.9. The molecule has 29 heavy (non-hydrogen) atoms. The molecule has 1 amide bonds. The topological polar surface area (TPSA) is 75.7 Å². The minimum Gasteiger partial charge on any atom is -0.496 e. The van der Waals surface area contributed by atoms with Crippen LogP contribution in [0.1, 0.15) is 36.0 Å². The van der Waals surface area contributed by atoms with E-state index in [4.69, 9.17) is 4.74 Å². The Hall–Kier alpha value is -2.68. The van der Waals surface area contributed by atoms with Crippen LogP contribution < -0.4 is 9.46 Å². The Balaban J connectivity index is 1.93. The number of anilines is 1. The molecule has 1 fully saturated rings. The first-order valence-electron chi connectivity index (χ1n) is 9.27. The van der Waals surface area contributed by atoms with Gasteiger partial charge in [-0.1, -0.05) is 12.8 Å². The predicted octanol–water partition coefficient (Wildman–Crippen LogP) is 3.79. The number of benzene rings is 2. The maximum atomic E-state index is 13.9. The Morgan fingerprint density at radius 1 is 1.03 bits per heavy atom. The van der Waals surface area contributed by atoms with Crippen LogP contribution in [-0.2, 0) is 10.0 Å². The first-order chi connectivity index (χ1) is 13.8. The number of nitrogens with zero attached hydrogens (tertiary/aromatic N) is 1. The molecule has 9 heteroatoms.